The maximum absolute atomic E-state index is 12.1. The molecule has 1 heterocycles. The standard InChI is InChI=1S/C12H15N3O4/c1-7-12(18)15(5-11(17)14-13)9-4-8(6-16)2-3-10(9)19-7/h2-4,7,16H,5-6,13H2,1H3,(H,14,17). The average Bonchev–Trinajstić information content (AvgIpc) is 2.43. The molecule has 1 aliphatic heterocycles. The lowest BCUT2D eigenvalue weighted by atomic mass is 10.1. The summed E-state index contributed by atoms with van der Waals surface area (Å²) in [6.45, 7) is 1.26. The molecule has 19 heavy (non-hydrogen) atoms. The lowest BCUT2D eigenvalue weighted by molar-refractivity contribution is -0.128. The normalized spacial score (nSPS) is 17.7. The summed E-state index contributed by atoms with van der Waals surface area (Å²) in [5.74, 6) is 4.72. The summed E-state index contributed by atoms with van der Waals surface area (Å²) >= 11 is 0. The average molecular weight is 265 g/mol. The first-order valence-corrected chi connectivity index (χ1v) is 5.78. The molecule has 0 fully saturated rings. The van der Waals surface area contributed by atoms with Crippen LogP contribution in [0.2, 0.25) is 0 Å². The Bertz CT molecular complexity index is 518. The van der Waals surface area contributed by atoms with E-state index in [1.807, 2.05) is 5.43 Å². The van der Waals surface area contributed by atoms with Crippen molar-refractivity contribution in [1.29, 1.82) is 0 Å². The number of benzene rings is 1. The summed E-state index contributed by atoms with van der Waals surface area (Å²) in [4.78, 5) is 24.7. The number of hydrogen-bond donors (Lipinski definition) is 3. The molecule has 7 heteroatoms. The number of aliphatic hydroxyl groups excluding tert-OH is 1. The van der Waals surface area contributed by atoms with E-state index in [1.54, 1.807) is 25.1 Å². The van der Waals surface area contributed by atoms with Crippen LogP contribution in [0.15, 0.2) is 18.2 Å². The molecular weight excluding hydrogens is 250 g/mol. The maximum atomic E-state index is 12.1. The largest absolute Gasteiger partial charge is 0.479 e. The summed E-state index contributed by atoms with van der Waals surface area (Å²) in [5.41, 5.74) is 3.07. The van der Waals surface area contributed by atoms with E-state index in [4.69, 9.17) is 15.7 Å². The molecule has 1 atom stereocenters. The van der Waals surface area contributed by atoms with Crippen LogP contribution in [0.1, 0.15) is 12.5 Å². The van der Waals surface area contributed by atoms with E-state index in [-0.39, 0.29) is 19.1 Å². The van der Waals surface area contributed by atoms with Crippen molar-refractivity contribution in [3.63, 3.8) is 0 Å². The minimum Gasteiger partial charge on any atom is -0.479 e. The zero-order valence-corrected chi connectivity index (χ0v) is 10.4. The molecule has 1 aliphatic rings. The highest BCUT2D eigenvalue weighted by atomic mass is 16.5. The first-order valence-electron chi connectivity index (χ1n) is 5.78. The molecule has 2 rings (SSSR count). The van der Waals surface area contributed by atoms with Gasteiger partial charge in [-0.2, -0.15) is 0 Å². The molecule has 1 unspecified atom stereocenters. The minimum absolute atomic E-state index is 0.159. The molecule has 0 spiro atoms. The first kappa shape index (κ1) is 13.3. The van der Waals surface area contributed by atoms with Gasteiger partial charge < -0.3 is 9.84 Å². The van der Waals surface area contributed by atoms with Gasteiger partial charge in [-0.25, -0.2) is 5.84 Å². The number of nitrogens with two attached hydrogens (primary N) is 1. The van der Waals surface area contributed by atoms with E-state index in [0.29, 0.717) is 17.0 Å². The molecule has 4 N–H and O–H groups in total. The third-order valence-electron chi connectivity index (χ3n) is 2.88. The lowest BCUT2D eigenvalue weighted by Crippen LogP contribution is -2.49. The van der Waals surface area contributed by atoms with Crippen LogP contribution in [0, 0.1) is 0 Å². The Kier molecular flexibility index (Phi) is 3.68. The van der Waals surface area contributed by atoms with Crippen molar-refractivity contribution in [2.24, 2.45) is 5.84 Å². The quantitative estimate of drug-likeness (QED) is 0.380. The number of rotatable bonds is 3. The third kappa shape index (κ3) is 2.51. The molecule has 0 saturated carbocycles. The zero-order valence-electron chi connectivity index (χ0n) is 10.4. The fourth-order valence-corrected chi connectivity index (χ4v) is 1.90. The Balaban J connectivity index is 2.41. The number of nitrogens with zero attached hydrogens (tertiary/aromatic N) is 1. The molecule has 0 radical (unpaired) electrons. The number of ether oxygens (including phenoxy) is 1. The Morgan fingerprint density at radius 3 is 2.95 bits per heavy atom. The van der Waals surface area contributed by atoms with Gasteiger partial charge in [0.25, 0.3) is 11.8 Å². The van der Waals surface area contributed by atoms with Crippen molar-refractivity contribution in [1.82, 2.24) is 5.43 Å². The molecule has 0 aliphatic carbocycles. The van der Waals surface area contributed by atoms with Gasteiger partial charge in [0.05, 0.1) is 12.3 Å². The summed E-state index contributed by atoms with van der Waals surface area (Å²) in [6, 6.07) is 4.97. The summed E-state index contributed by atoms with van der Waals surface area (Å²) in [5, 5.41) is 9.13. The first-order chi connectivity index (χ1) is 9.06. The van der Waals surface area contributed by atoms with Gasteiger partial charge in [0.2, 0.25) is 0 Å². The molecule has 2 amide bonds. The molecule has 1 aromatic carbocycles. The number of carbonyl (C=O) groups excluding carboxylic acids is 2. The van der Waals surface area contributed by atoms with Crippen LogP contribution in [-0.2, 0) is 16.2 Å². The van der Waals surface area contributed by atoms with Gasteiger partial charge in [-0.05, 0) is 24.6 Å². The smallest absolute Gasteiger partial charge is 0.268 e. The minimum atomic E-state index is -0.668. The Morgan fingerprint density at radius 2 is 2.32 bits per heavy atom. The zero-order chi connectivity index (χ0) is 14.0. The van der Waals surface area contributed by atoms with Crippen molar-refractivity contribution in [2.75, 3.05) is 11.4 Å². The van der Waals surface area contributed by atoms with Crippen molar-refractivity contribution in [3.05, 3.63) is 23.8 Å². The molecule has 0 aromatic heterocycles. The molecular formula is C12H15N3O4. The maximum Gasteiger partial charge on any atom is 0.268 e. The number of anilines is 1. The van der Waals surface area contributed by atoms with E-state index < -0.39 is 12.0 Å². The molecule has 1 aromatic rings. The molecule has 0 saturated heterocycles. The Morgan fingerprint density at radius 1 is 1.58 bits per heavy atom. The van der Waals surface area contributed by atoms with Crippen LogP contribution in [0.3, 0.4) is 0 Å². The molecule has 7 nitrogen and oxygen atoms in total. The van der Waals surface area contributed by atoms with Crippen LogP contribution in [0.25, 0.3) is 0 Å². The van der Waals surface area contributed by atoms with Gasteiger partial charge in [-0.15, -0.1) is 0 Å². The monoisotopic (exact) mass is 265 g/mol. The van der Waals surface area contributed by atoms with E-state index in [0.717, 1.165) is 0 Å². The highest BCUT2D eigenvalue weighted by Crippen LogP contribution is 2.34. The van der Waals surface area contributed by atoms with Crippen molar-refractivity contribution < 1.29 is 19.4 Å². The van der Waals surface area contributed by atoms with Crippen LogP contribution in [0.4, 0.5) is 5.69 Å². The van der Waals surface area contributed by atoms with E-state index >= 15 is 0 Å². The summed E-state index contributed by atoms with van der Waals surface area (Å²) in [7, 11) is 0. The third-order valence-corrected chi connectivity index (χ3v) is 2.88. The summed E-state index contributed by atoms with van der Waals surface area (Å²) in [6.07, 6.45) is -0.668. The van der Waals surface area contributed by atoms with Gasteiger partial charge in [0.1, 0.15) is 12.3 Å². The predicted molar refractivity (Wildman–Crippen MR) is 67.1 cm³/mol. The number of nitrogens with one attached hydrogen (secondary N) is 1. The van der Waals surface area contributed by atoms with Crippen molar-refractivity contribution >= 4 is 17.5 Å². The fourth-order valence-electron chi connectivity index (χ4n) is 1.90. The number of carbonyl (C=O) groups is 2. The van der Waals surface area contributed by atoms with Gasteiger partial charge in [0, 0.05) is 0 Å². The van der Waals surface area contributed by atoms with Crippen LogP contribution in [-0.4, -0.2) is 29.6 Å². The van der Waals surface area contributed by atoms with Crippen LogP contribution >= 0.6 is 0 Å². The fraction of sp³-hybridized carbons (Fsp3) is 0.333. The molecule has 102 valence electrons. The number of hydrazine groups is 1. The van der Waals surface area contributed by atoms with E-state index in [1.165, 1.54) is 4.90 Å². The number of hydrogen-bond acceptors (Lipinski definition) is 5. The highest BCUT2D eigenvalue weighted by molar-refractivity contribution is 6.03. The second kappa shape index (κ2) is 5.25. The van der Waals surface area contributed by atoms with Gasteiger partial charge in [-0.3, -0.25) is 19.9 Å². The van der Waals surface area contributed by atoms with Gasteiger partial charge >= 0.3 is 0 Å². The summed E-state index contributed by atoms with van der Waals surface area (Å²) < 4.78 is 5.45. The SMILES string of the molecule is CC1Oc2ccc(CO)cc2N(CC(=O)NN)C1=O. The Hall–Kier alpha value is -2.12. The van der Waals surface area contributed by atoms with E-state index in [9.17, 15) is 9.59 Å². The van der Waals surface area contributed by atoms with Crippen LogP contribution in [0.5, 0.6) is 5.75 Å². The van der Waals surface area contributed by atoms with Crippen LogP contribution < -0.4 is 20.9 Å². The van der Waals surface area contributed by atoms with Gasteiger partial charge in [-0.1, -0.05) is 6.07 Å². The van der Waals surface area contributed by atoms with E-state index in [2.05, 4.69) is 0 Å². The highest BCUT2D eigenvalue weighted by Gasteiger charge is 2.32. The second-order valence-electron chi connectivity index (χ2n) is 4.21. The predicted octanol–water partition coefficient (Wildman–Crippen LogP) is -0.717. The number of amides is 2. The lowest BCUT2D eigenvalue weighted by Gasteiger charge is -2.32. The topological polar surface area (TPSA) is 105 Å². The Labute approximate surface area is 109 Å². The number of fused-ring (bicyclic) bond motifs is 1. The van der Waals surface area contributed by atoms with Crippen molar-refractivity contribution in [2.45, 2.75) is 19.6 Å². The van der Waals surface area contributed by atoms with Crippen molar-refractivity contribution in [3.8, 4) is 5.75 Å². The number of aliphatic hydroxyl groups is 1. The second-order valence-corrected chi connectivity index (χ2v) is 4.21. The molecule has 0 bridgehead atoms. The van der Waals surface area contributed by atoms with Gasteiger partial charge in [0.15, 0.2) is 6.10 Å².